The fourth-order valence-electron chi connectivity index (χ4n) is 1.77. The van der Waals surface area contributed by atoms with Crippen molar-refractivity contribution in [3.05, 3.63) is 10.1 Å². The van der Waals surface area contributed by atoms with Gasteiger partial charge in [-0.05, 0) is 32.6 Å². The van der Waals surface area contributed by atoms with Crippen LogP contribution in [0.1, 0.15) is 32.6 Å². The fraction of sp³-hybridized carbons (Fsp3) is 0.889. The number of carbonyl (C=O) groups excluding carboxylic acids is 1. The lowest BCUT2D eigenvalue weighted by Crippen LogP contribution is -2.45. The first-order valence-corrected chi connectivity index (χ1v) is 5.36. The molecule has 0 spiro atoms. The van der Waals surface area contributed by atoms with Gasteiger partial charge < -0.3 is 15.9 Å². The number of nitrogens with one attached hydrogen (secondary N) is 1. The highest BCUT2D eigenvalue weighted by Gasteiger charge is 2.25. The largest absolute Gasteiger partial charge is 0.352 e. The van der Waals surface area contributed by atoms with E-state index in [1.54, 1.807) is 6.92 Å². The van der Waals surface area contributed by atoms with Crippen LogP contribution in [0.5, 0.6) is 0 Å². The van der Waals surface area contributed by atoms with Crippen LogP contribution in [-0.4, -0.2) is 29.2 Å². The van der Waals surface area contributed by atoms with Crippen LogP contribution >= 0.6 is 0 Å². The van der Waals surface area contributed by atoms with Crippen molar-refractivity contribution < 1.29 is 14.7 Å². The van der Waals surface area contributed by atoms with Gasteiger partial charge in [-0.1, -0.05) is 0 Å². The van der Waals surface area contributed by atoms with E-state index in [1.807, 2.05) is 0 Å². The van der Waals surface area contributed by atoms with Crippen LogP contribution in [0.25, 0.3) is 0 Å². The molecule has 1 unspecified atom stereocenters. The van der Waals surface area contributed by atoms with Gasteiger partial charge in [-0.25, -0.2) is 0 Å². The summed E-state index contributed by atoms with van der Waals surface area (Å²) in [6.07, 6.45) is 2.22. The van der Waals surface area contributed by atoms with Crippen molar-refractivity contribution in [1.29, 1.82) is 0 Å². The van der Waals surface area contributed by atoms with Gasteiger partial charge in [0.1, 0.15) is 6.10 Å². The molecule has 1 saturated carbocycles. The summed E-state index contributed by atoms with van der Waals surface area (Å²) < 4.78 is 0. The molecular weight excluding hydrogens is 214 g/mol. The quantitative estimate of drug-likeness (QED) is 0.521. The van der Waals surface area contributed by atoms with Crippen molar-refractivity contribution >= 4 is 5.91 Å². The van der Waals surface area contributed by atoms with E-state index in [-0.39, 0.29) is 18.1 Å². The second kappa shape index (κ2) is 5.64. The topological polar surface area (TPSA) is 107 Å². The Bertz CT molecular complexity index is 261. The minimum Gasteiger partial charge on any atom is -0.352 e. The Kier molecular flexibility index (Phi) is 4.48. The lowest BCUT2D eigenvalue weighted by molar-refractivity contribution is -0.769. The summed E-state index contributed by atoms with van der Waals surface area (Å²) in [6, 6.07) is -0.460. The van der Waals surface area contributed by atoms with Gasteiger partial charge in [-0.15, -0.1) is 10.1 Å². The number of rotatable bonds is 4. The smallest absolute Gasteiger partial charge is 0.294 e. The van der Waals surface area contributed by atoms with Crippen molar-refractivity contribution in [3.8, 4) is 0 Å². The van der Waals surface area contributed by atoms with Crippen molar-refractivity contribution in [2.75, 3.05) is 0 Å². The van der Waals surface area contributed by atoms with Crippen LogP contribution in [0.15, 0.2) is 0 Å². The average Bonchev–Trinajstić information content (AvgIpc) is 2.20. The molecule has 0 saturated heterocycles. The van der Waals surface area contributed by atoms with Gasteiger partial charge >= 0.3 is 0 Å². The summed E-state index contributed by atoms with van der Waals surface area (Å²) >= 11 is 0. The zero-order chi connectivity index (χ0) is 12.1. The highest BCUT2D eigenvalue weighted by Crippen LogP contribution is 2.21. The normalized spacial score (nSPS) is 26.9. The van der Waals surface area contributed by atoms with Gasteiger partial charge in [0.2, 0.25) is 5.91 Å². The summed E-state index contributed by atoms with van der Waals surface area (Å²) in [5.74, 6) is -0.182. The van der Waals surface area contributed by atoms with Crippen LogP contribution < -0.4 is 11.1 Å². The second-order valence-electron chi connectivity index (χ2n) is 4.10. The highest BCUT2D eigenvalue weighted by atomic mass is 17.0. The van der Waals surface area contributed by atoms with Gasteiger partial charge in [-0.3, -0.25) is 4.79 Å². The lowest BCUT2D eigenvalue weighted by Gasteiger charge is -2.28. The molecule has 0 aromatic carbocycles. The molecule has 16 heavy (non-hydrogen) atoms. The third-order valence-corrected chi connectivity index (χ3v) is 2.67. The van der Waals surface area contributed by atoms with Gasteiger partial charge in [0.25, 0.3) is 5.09 Å². The van der Waals surface area contributed by atoms with Crippen LogP contribution in [0.4, 0.5) is 0 Å². The first-order valence-electron chi connectivity index (χ1n) is 5.36. The SMILES string of the molecule is CC(N)C(=O)N[C@H]1CC[C@@H](O[N+](=O)[O-])CC1. The van der Waals surface area contributed by atoms with Gasteiger partial charge in [0.05, 0.1) is 6.04 Å². The molecule has 0 aromatic rings. The van der Waals surface area contributed by atoms with E-state index in [4.69, 9.17) is 5.73 Å². The average molecular weight is 231 g/mol. The zero-order valence-corrected chi connectivity index (χ0v) is 9.22. The minimum atomic E-state index is -0.758. The number of nitrogens with two attached hydrogens (primary N) is 1. The summed E-state index contributed by atoms with van der Waals surface area (Å²) in [4.78, 5) is 25.9. The lowest BCUT2D eigenvalue weighted by atomic mass is 9.93. The molecule has 92 valence electrons. The van der Waals surface area contributed by atoms with E-state index in [0.717, 1.165) is 0 Å². The summed E-state index contributed by atoms with van der Waals surface area (Å²) in [6.45, 7) is 1.62. The van der Waals surface area contributed by atoms with Crippen LogP contribution in [-0.2, 0) is 9.63 Å². The molecule has 7 heteroatoms. The van der Waals surface area contributed by atoms with E-state index in [2.05, 4.69) is 10.2 Å². The van der Waals surface area contributed by atoms with Gasteiger partial charge in [0.15, 0.2) is 0 Å². The third kappa shape index (κ3) is 4.01. The van der Waals surface area contributed by atoms with Gasteiger partial charge in [-0.2, -0.15) is 0 Å². The Balaban J connectivity index is 2.27. The summed E-state index contributed by atoms with van der Waals surface area (Å²) in [5.41, 5.74) is 5.42. The fourth-order valence-corrected chi connectivity index (χ4v) is 1.77. The number of amides is 1. The first-order chi connectivity index (χ1) is 7.49. The molecule has 7 nitrogen and oxygen atoms in total. The predicted octanol–water partition coefficient (Wildman–Crippen LogP) is -0.0307. The summed E-state index contributed by atoms with van der Waals surface area (Å²) in [7, 11) is 0. The van der Waals surface area contributed by atoms with Crippen molar-refractivity contribution in [1.82, 2.24) is 5.32 Å². The Morgan fingerprint density at radius 1 is 1.50 bits per heavy atom. The van der Waals surface area contributed by atoms with Crippen molar-refractivity contribution in [2.24, 2.45) is 5.73 Å². The Labute approximate surface area is 93.4 Å². The standard InChI is InChI=1S/C9H17N3O4/c1-6(10)9(13)11-7-2-4-8(5-3-7)16-12(14)15/h6-8H,2-5,10H2,1H3,(H,11,13)/t6?,7-,8+. The molecule has 1 amide bonds. The van der Waals surface area contributed by atoms with Crippen LogP contribution in [0, 0.1) is 10.1 Å². The predicted molar refractivity (Wildman–Crippen MR) is 55.9 cm³/mol. The molecule has 0 heterocycles. The maximum Gasteiger partial charge on any atom is 0.294 e. The first kappa shape index (κ1) is 12.7. The Morgan fingerprint density at radius 3 is 2.50 bits per heavy atom. The zero-order valence-electron chi connectivity index (χ0n) is 9.22. The molecule has 0 aliphatic heterocycles. The van der Waals surface area contributed by atoms with Crippen LogP contribution in [0.2, 0.25) is 0 Å². The molecule has 1 aliphatic rings. The van der Waals surface area contributed by atoms with Crippen LogP contribution in [0.3, 0.4) is 0 Å². The number of nitrogens with zero attached hydrogens (tertiary/aromatic N) is 1. The molecule has 3 N–H and O–H groups in total. The molecule has 0 radical (unpaired) electrons. The van der Waals surface area contributed by atoms with E-state index >= 15 is 0 Å². The van der Waals surface area contributed by atoms with Crippen molar-refractivity contribution in [3.63, 3.8) is 0 Å². The Hall–Kier alpha value is -1.37. The minimum absolute atomic E-state index is 0.0603. The maximum absolute atomic E-state index is 11.3. The number of carbonyl (C=O) groups is 1. The third-order valence-electron chi connectivity index (χ3n) is 2.67. The van der Waals surface area contributed by atoms with E-state index in [1.165, 1.54) is 0 Å². The maximum atomic E-state index is 11.3. The molecule has 0 bridgehead atoms. The molecule has 1 atom stereocenters. The van der Waals surface area contributed by atoms with Crippen molar-refractivity contribution in [2.45, 2.75) is 50.8 Å². The molecule has 1 aliphatic carbocycles. The van der Waals surface area contributed by atoms with Gasteiger partial charge in [0, 0.05) is 6.04 Å². The monoisotopic (exact) mass is 231 g/mol. The number of hydrogen-bond acceptors (Lipinski definition) is 5. The van der Waals surface area contributed by atoms with E-state index in [0.29, 0.717) is 25.7 Å². The van der Waals surface area contributed by atoms with E-state index in [9.17, 15) is 14.9 Å². The number of hydrogen-bond donors (Lipinski definition) is 2. The van der Waals surface area contributed by atoms with E-state index < -0.39 is 11.1 Å². The summed E-state index contributed by atoms with van der Waals surface area (Å²) in [5, 5.41) is 12.2. The molecular formula is C9H17N3O4. The molecule has 0 aromatic heterocycles. The molecule has 1 fully saturated rings. The molecule has 1 rings (SSSR count). The second-order valence-corrected chi connectivity index (χ2v) is 4.10. The highest BCUT2D eigenvalue weighted by molar-refractivity contribution is 5.81. The Morgan fingerprint density at radius 2 is 2.06 bits per heavy atom.